The Morgan fingerprint density at radius 3 is 2.50 bits per heavy atom. The summed E-state index contributed by atoms with van der Waals surface area (Å²) in [5, 5.41) is 0. The molecule has 88 valence electrons. The van der Waals surface area contributed by atoms with Gasteiger partial charge in [-0.25, -0.2) is 13.8 Å². The van der Waals surface area contributed by atoms with Crippen molar-refractivity contribution >= 4 is 6.29 Å². The Kier molecular flexibility index (Phi) is 3.41. The maximum Gasteiger partial charge on any atom is 0.573 e. The van der Waals surface area contributed by atoms with Crippen molar-refractivity contribution in [2.24, 2.45) is 0 Å². The first-order chi connectivity index (χ1) is 7.39. The number of alkyl halides is 4. The Morgan fingerprint density at radius 1 is 1.44 bits per heavy atom. The third-order valence-corrected chi connectivity index (χ3v) is 1.58. The van der Waals surface area contributed by atoms with Gasteiger partial charge in [0.1, 0.15) is 12.4 Å². The second kappa shape index (κ2) is 4.42. The molecule has 1 aromatic heterocycles. The molecule has 0 saturated carbocycles. The van der Waals surface area contributed by atoms with E-state index < -0.39 is 35.9 Å². The summed E-state index contributed by atoms with van der Waals surface area (Å²) < 4.78 is 64.0. The molecular weight excluding hydrogens is 237 g/mol. The summed E-state index contributed by atoms with van der Waals surface area (Å²) in [6.07, 6.45) is -4.71. The van der Waals surface area contributed by atoms with Gasteiger partial charge in [-0.05, 0) is 0 Å². The van der Waals surface area contributed by atoms with E-state index in [2.05, 4.69) is 9.72 Å². The van der Waals surface area contributed by atoms with Gasteiger partial charge < -0.3 is 4.74 Å². The second-order valence-corrected chi connectivity index (χ2v) is 2.60. The Balaban J connectivity index is 3.19. The number of ether oxygens (including phenoxy) is 1. The molecule has 0 amide bonds. The van der Waals surface area contributed by atoms with E-state index in [1.54, 1.807) is 0 Å². The largest absolute Gasteiger partial charge is 0.573 e. The first-order valence-electron chi connectivity index (χ1n) is 3.83. The van der Waals surface area contributed by atoms with Crippen LogP contribution in [0.25, 0.3) is 0 Å². The van der Waals surface area contributed by atoms with Crippen molar-refractivity contribution in [1.29, 1.82) is 0 Å². The van der Waals surface area contributed by atoms with Gasteiger partial charge in [-0.1, -0.05) is 0 Å². The standard InChI is InChI=1S/C8H4F5NO2/c9-1-4-5(3-15)14-2-6(7(4)10)16-8(11,12)13/h2-3H,1H2. The number of hydrogen-bond donors (Lipinski definition) is 0. The lowest BCUT2D eigenvalue weighted by Crippen LogP contribution is -2.19. The lowest BCUT2D eigenvalue weighted by atomic mass is 10.2. The first-order valence-corrected chi connectivity index (χ1v) is 3.83. The minimum atomic E-state index is -5.11. The molecule has 0 radical (unpaired) electrons. The number of carbonyl (C=O) groups is 1. The number of nitrogens with zero attached hydrogens (tertiary/aromatic N) is 1. The van der Waals surface area contributed by atoms with Crippen LogP contribution in [0.3, 0.4) is 0 Å². The van der Waals surface area contributed by atoms with E-state index in [4.69, 9.17) is 0 Å². The first kappa shape index (κ1) is 12.3. The Bertz CT molecular complexity index is 404. The summed E-state index contributed by atoms with van der Waals surface area (Å²) in [6.45, 7) is -1.46. The smallest absolute Gasteiger partial charge is 0.401 e. The highest BCUT2D eigenvalue weighted by Gasteiger charge is 2.33. The SMILES string of the molecule is O=Cc1ncc(OC(F)(F)F)c(F)c1CF. The van der Waals surface area contributed by atoms with Crippen LogP contribution in [0, 0.1) is 5.82 Å². The Labute approximate surface area is 85.8 Å². The van der Waals surface area contributed by atoms with Crippen LogP contribution in [-0.2, 0) is 6.67 Å². The lowest BCUT2D eigenvalue weighted by molar-refractivity contribution is -0.275. The number of aromatic nitrogens is 1. The molecule has 0 aromatic carbocycles. The monoisotopic (exact) mass is 241 g/mol. The predicted molar refractivity (Wildman–Crippen MR) is 41.1 cm³/mol. The van der Waals surface area contributed by atoms with Crippen molar-refractivity contribution in [1.82, 2.24) is 4.98 Å². The molecule has 0 spiro atoms. The van der Waals surface area contributed by atoms with E-state index in [0.29, 0.717) is 6.20 Å². The number of carbonyl (C=O) groups excluding carboxylic acids is 1. The molecule has 0 saturated heterocycles. The third kappa shape index (κ3) is 2.65. The molecule has 0 unspecified atom stereocenters. The van der Waals surface area contributed by atoms with Crippen molar-refractivity contribution < 1.29 is 31.5 Å². The average Bonchev–Trinajstić information content (AvgIpc) is 2.19. The number of pyridine rings is 1. The third-order valence-electron chi connectivity index (χ3n) is 1.58. The Hall–Kier alpha value is -1.73. The maximum atomic E-state index is 13.2. The highest BCUT2D eigenvalue weighted by atomic mass is 19.4. The van der Waals surface area contributed by atoms with Crippen molar-refractivity contribution in [2.75, 3.05) is 0 Å². The highest BCUT2D eigenvalue weighted by Crippen LogP contribution is 2.27. The van der Waals surface area contributed by atoms with Crippen LogP contribution in [-0.4, -0.2) is 17.6 Å². The van der Waals surface area contributed by atoms with Gasteiger partial charge >= 0.3 is 6.36 Å². The zero-order valence-electron chi connectivity index (χ0n) is 7.52. The molecule has 1 aromatic rings. The lowest BCUT2D eigenvalue weighted by Gasteiger charge is -2.11. The zero-order valence-corrected chi connectivity index (χ0v) is 7.52. The minimum absolute atomic E-state index is 0.0371. The molecule has 16 heavy (non-hydrogen) atoms. The molecule has 0 aliphatic rings. The van der Waals surface area contributed by atoms with Crippen LogP contribution < -0.4 is 4.74 Å². The van der Waals surface area contributed by atoms with E-state index in [0.717, 1.165) is 0 Å². The summed E-state index contributed by atoms with van der Waals surface area (Å²) in [4.78, 5) is 13.4. The number of aldehydes is 1. The van der Waals surface area contributed by atoms with Crippen LogP contribution in [0.4, 0.5) is 22.0 Å². The van der Waals surface area contributed by atoms with Crippen LogP contribution in [0.2, 0.25) is 0 Å². The topological polar surface area (TPSA) is 39.2 Å². The molecule has 0 aliphatic carbocycles. The number of rotatable bonds is 3. The number of halogens is 5. The molecule has 0 bridgehead atoms. The van der Waals surface area contributed by atoms with E-state index in [1.165, 1.54) is 0 Å². The molecule has 0 atom stereocenters. The van der Waals surface area contributed by atoms with E-state index in [-0.39, 0.29) is 6.29 Å². The van der Waals surface area contributed by atoms with Gasteiger partial charge in [0.05, 0.1) is 11.8 Å². The van der Waals surface area contributed by atoms with Gasteiger partial charge in [0.15, 0.2) is 17.9 Å². The van der Waals surface area contributed by atoms with Crippen molar-refractivity contribution in [3.63, 3.8) is 0 Å². The minimum Gasteiger partial charge on any atom is -0.401 e. The van der Waals surface area contributed by atoms with Crippen LogP contribution in [0.1, 0.15) is 16.1 Å². The van der Waals surface area contributed by atoms with Crippen molar-refractivity contribution in [3.8, 4) is 5.75 Å². The molecule has 0 fully saturated rings. The van der Waals surface area contributed by atoms with Gasteiger partial charge in [-0.15, -0.1) is 13.2 Å². The fraction of sp³-hybridized carbons (Fsp3) is 0.250. The van der Waals surface area contributed by atoms with Gasteiger partial charge in [-0.3, -0.25) is 4.79 Å². The summed E-state index contributed by atoms with van der Waals surface area (Å²) >= 11 is 0. The average molecular weight is 241 g/mol. The summed E-state index contributed by atoms with van der Waals surface area (Å²) in [7, 11) is 0. The van der Waals surface area contributed by atoms with E-state index in [9.17, 15) is 26.7 Å². The second-order valence-electron chi connectivity index (χ2n) is 2.60. The molecule has 0 N–H and O–H groups in total. The fourth-order valence-electron chi connectivity index (χ4n) is 0.948. The summed E-state index contributed by atoms with van der Waals surface area (Å²) in [5.41, 5.74) is -1.47. The highest BCUT2D eigenvalue weighted by molar-refractivity contribution is 5.74. The molecule has 0 aliphatic heterocycles. The van der Waals surface area contributed by atoms with Gasteiger partial charge in [-0.2, -0.15) is 0 Å². The van der Waals surface area contributed by atoms with Crippen molar-refractivity contribution in [3.05, 3.63) is 23.3 Å². The van der Waals surface area contributed by atoms with Gasteiger partial charge in [0.25, 0.3) is 0 Å². The fourth-order valence-corrected chi connectivity index (χ4v) is 0.948. The van der Waals surface area contributed by atoms with Gasteiger partial charge in [0, 0.05) is 0 Å². The van der Waals surface area contributed by atoms with E-state index >= 15 is 0 Å². The summed E-state index contributed by atoms with van der Waals surface area (Å²) in [5.74, 6) is -2.86. The maximum absolute atomic E-state index is 13.2. The molecule has 8 heteroatoms. The number of hydrogen-bond acceptors (Lipinski definition) is 3. The Morgan fingerprint density at radius 2 is 2.06 bits per heavy atom. The molecular formula is C8H4F5NO2. The summed E-state index contributed by atoms with van der Waals surface area (Å²) in [6, 6.07) is 0. The van der Waals surface area contributed by atoms with Crippen LogP contribution >= 0.6 is 0 Å². The van der Waals surface area contributed by atoms with Crippen molar-refractivity contribution in [2.45, 2.75) is 13.0 Å². The van der Waals surface area contributed by atoms with Gasteiger partial charge in [0.2, 0.25) is 0 Å². The normalized spacial score (nSPS) is 11.3. The molecule has 3 nitrogen and oxygen atoms in total. The molecule has 1 heterocycles. The van der Waals surface area contributed by atoms with Crippen LogP contribution in [0.15, 0.2) is 6.20 Å². The predicted octanol–water partition coefficient (Wildman–Crippen LogP) is 2.40. The molecule has 1 rings (SSSR count). The zero-order chi connectivity index (χ0) is 12.3. The van der Waals surface area contributed by atoms with Crippen LogP contribution in [0.5, 0.6) is 5.75 Å². The van der Waals surface area contributed by atoms with E-state index in [1.807, 2.05) is 0 Å². The quantitative estimate of drug-likeness (QED) is 0.602.